The quantitative estimate of drug-likeness (QED) is 0.781. The van der Waals surface area contributed by atoms with Crippen LogP contribution in [0.2, 0.25) is 0 Å². The Bertz CT molecular complexity index is 699. The Balaban J connectivity index is 2.05. The van der Waals surface area contributed by atoms with E-state index in [2.05, 4.69) is 24.2 Å². The number of methoxy groups -OCH3 is 2. The van der Waals surface area contributed by atoms with Crippen molar-refractivity contribution in [3.63, 3.8) is 0 Å². The Morgan fingerprint density at radius 2 is 1.72 bits per heavy atom. The fourth-order valence-corrected chi connectivity index (χ4v) is 2.50. The van der Waals surface area contributed by atoms with Crippen LogP contribution in [0.15, 0.2) is 42.5 Å². The number of hydrogen-bond donors (Lipinski definition) is 1. The summed E-state index contributed by atoms with van der Waals surface area (Å²) in [7, 11) is 5.19. The van der Waals surface area contributed by atoms with Gasteiger partial charge in [-0.1, -0.05) is 13.3 Å². The van der Waals surface area contributed by atoms with Gasteiger partial charge in [0.25, 0.3) is 5.91 Å². The van der Waals surface area contributed by atoms with Gasteiger partial charge in [0, 0.05) is 30.5 Å². The molecule has 1 amide bonds. The number of carbonyl (C=O) groups excluding carboxylic acids is 1. The Morgan fingerprint density at radius 1 is 1.04 bits per heavy atom. The first kappa shape index (κ1) is 18.6. The molecule has 0 radical (unpaired) electrons. The maximum atomic E-state index is 12.4. The molecule has 0 unspecified atom stereocenters. The Hall–Kier alpha value is -2.69. The average Bonchev–Trinajstić information content (AvgIpc) is 2.65. The predicted octanol–water partition coefficient (Wildman–Crippen LogP) is 4.19. The normalized spacial score (nSPS) is 10.2. The smallest absolute Gasteiger partial charge is 0.255 e. The van der Waals surface area contributed by atoms with Crippen LogP contribution in [0, 0.1) is 0 Å². The summed E-state index contributed by atoms with van der Waals surface area (Å²) in [6.07, 6.45) is 2.33. The maximum Gasteiger partial charge on any atom is 0.255 e. The van der Waals surface area contributed by atoms with E-state index in [1.807, 2.05) is 24.3 Å². The molecule has 25 heavy (non-hydrogen) atoms. The largest absolute Gasteiger partial charge is 0.493 e. The lowest BCUT2D eigenvalue weighted by Gasteiger charge is -2.19. The van der Waals surface area contributed by atoms with Crippen molar-refractivity contribution in [1.82, 2.24) is 0 Å². The number of carbonyl (C=O) groups is 1. The second-order valence-corrected chi connectivity index (χ2v) is 5.85. The molecule has 0 aliphatic rings. The van der Waals surface area contributed by atoms with Gasteiger partial charge >= 0.3 is 0 Å². The van der Waals surface area contributed by atoms with Crippen LogP contribution in [0.3, 0.4) is 0 Å². The van der Waals surface area contributed by atoms with Crippen molar-refractivity contribution in [3.05, 3.63) is 48.0 Å². The molecule has 134 valence electrons. The molecule has 0 bridgehead atoms. The highest BCUT2D eigenvalue weighted by atomic mass is 16.5. The average molecular weight is 342 g/mol. The van der Waals surface area contributed by atoms with Crippen LogP contribution < -0.4 is 19.7 Å². The van der Waals surface area contributed by atoms with Gasteiger partial charge in [0.1, 0.15) is 0 Å². The molecule has 0 spiro atoms. The van der Waals surface area contributed by atoms with Crippen LogP contribution in [0.4, 0.5) is 11.4 Å². The van der Waals surface area contributed by atoms with Crippen molar-refractivity contribution in [2.45, 2.75) is 19.8 Å². The van der Waals surface area contributed by atoms with Gasteiger partial charge in [-0.15, -0.1) is 0 Å². The highest BCUT2D eigenvalue weighted by Crippen LogP contribution is 2.28. The second kappa shape index (κ2) is 8.97. The zero-order valence-corrected chi connectivity index (χ0v) is 15.3. The number of nitrogens with one attached hydrogen (secondary N) is 1. The molecule has 5 nitrogen and oxygen atoms in total. The molecular weight excluding hydrogens is 316 g/mol. The minimum atomic E-state index is -0.187. The summed E-state index contributed by atoms with van der Waals surface area (Å²) in [4.78, 5) is 14.6. The van der Waals surface area contributed by atoms with Crippen molar-refractivity contribution in [2.75, 3.05) is 38.0 Å². The molecule has 0 aliphatic carbocycles. The summed E-state index contributed by atoms with van der Waals surface area (Å²) in [5, 5.41) is 2.90. The Labute approximate surface area is 149 Å². The summed E-state index contributed by atoms with van der Waals surface area (Å²) in [6.45, 7) is 3.20. The SMILES string of the molecule is CCCCN(C)c1ccc(NC(=O)c2ccc(OC)c(OC)c2)cc1. The molecule has 0 fully saturated rings. The highest BCUT2D eigenvalue weighted by Gasteiger charge is 2.11. The highest BCUT2D eigenvalue weighted by molar-refractivity contribution is 6.04. The molecule has 0 atom stereocenters. The molecule has 0 aliphatic heterocycles. The Kier molecular flexibility index (Phi) is 6.69. The third-order valence-electron chi connectivity index (χ3n) is 4.06. The first-order valence-corrected chi connectivity index (χ1v) is 8.43. The lowest BCUT2D eigenvalue weighted by atomic mass is 10.1. The van der Waals surface area contributed by atoms with Crippen LogP contribution >= 0.6 is 0 Å². The number of ether oxygens (including phenoxy) is 2. The summed E-state index contributed by atoms with van der Waals surface area (Å²) in [5.41, 5.74) is 2.41. The second-order valence-electron chi connectivity index (χ2n) is 5.85. The number of hydrogen-bond acceptors (Lipinski definition) is 4. The van der Waals surface area contributed by atoms with E-state index in [4.69, 9.17) is 9.47 Å². The Morgan fingerprint density at radius 3 is 2.32 bits per heavy atom. The first-order valence-electron chi connectivity index (χ1n) is 8.43. The molecule has 0 saturated heterocycles. The fraction of sp³-hybridized carbons (Fsp3) is 0.350. The molecular formula is C20H26N2O3. The third kappa shape index (κ3) is 4.89. The molecule has 0 saturated carbocycles. The summed E-state index contributed by atoms with van der Waals surface area (Å²) < 4.78 is 10.4. The molecule has 5 heteroatoms. The minimum Gasteiger partial charge on any atom is -0.493 e. The van der Waals surface area contributed by atoms with Crippen molar-refractivity contribution in [3.8, 4) is 11.5 Å². The van der Waals surface area contributed by atoms with E-state index in [1.54, 1.807) is 32.4 Å². The van der Waals surface area contributed by atoms with Gasteiger partial charge in [-0.05, 0) is 48.9 Å². The maximum absolute atomic E-state index is 12.4. The molecule has 2 aromatic carbocycles. The van der Waals surface area contributed by atoms with Crippen LogP contribution in [-0.4, -0.2) is 33.7 Å². The topological polar surface area (TPSA) is 50.8 Å². The number of amides is 1. The number of rotatable bonds is 8. The number of anilines is 2. The van der Waals surface area contributed by atoms with Gasteiger partial charge in [-0.25, -0.2) is 0 Å². The predicted molar refractivity (Wildman–Crippen MR) is 102 cm³/mol. The van der Waals surface area contributed by atoms with E-state index in [-0.39, 0.29) is 5.91 Å². The van der Waals surface area contributed by atoms with Gasteiger partial charge < -0.3 is 19.7 Å². The van der Waals surface area contributed by atoms with Crippen molar-refractivity contribution in [1.29, 1.82) is 0 Å². The molecule has 0 aromatic heterocycles. The van der Waals surface area contributed by atoms with E-state index in [1.165, 1.54) is 6.42 Å². The third-order valence-corrected chi connectivity index (χ3v) is 4.06. The lowest BCUT2D eigenvalue weighted by Crippen LogP contribution is -2.18. The van der Waals surface area contributed by atoms with Crippen molar-refractivity contribution < 1.29 is 14.3 Å². The van der Waals surface area contributed by atoms with Gasteiger partial charge in [0.05, 0.1) is 14.2 Å². The van der Waals surface area contributed by atoms with E-state index < -0.39 is 0 Å². The number of unbranched alkanes of at least 4 members (excludes halogenated alkanes) is 1. The van der Waals surface area contributed by atoms with E-state index >= 15 is 0 Å². The molecule has 2 rings (SSSR count). The molecule has 2 aromatic rings. The monoisotopic (exact) mass is 342 g/mol. The minimum absolute atomic E-state index is 0.187. The van der Waals surface area contributed by atoms with Crippen molar-refractivity contribution in [2.24, 2.45) is 0 Å². The van der Waals surface area contributed by atoms with Gasteiger partial charge in [-0.2, -0.15) is 0 Å². The van der Waals surface area contributed by atoms with Crippen LogP contribution in [0.5, 0.6) is 11.5 Å². The van der Waals surface area contributed by atoms with Crippen LogP contribution in [0.25, 0.3) is 0 Å². The van der Waals surface area contributed by atoms with Gasteiger partial charge in [0.15, 0.2) is 11.5 Å². The zero-order valence-electron chi connectivity index (χ0n) is 15.3. The molecule has 0 heterocycles. The number of nitrogens with zero attached hydrogens (tertiary/aromatic N) is 1. The lowest BCUT2D eigenvalue weighted by molar-refractivity contribution is 0.102. The van der Waals surface area contributed by atoms with E-state index in [9.17, 15) is 4.79 Å². The van der Waals surface area contributed by atoms with Crippen LogP contribution in [-0.2, 0) is 0 Å². The van der Waals surface area contributed by atoms with E-state index in [0.29, 0.717) is 17.1 Å². The van der Waals surface area contributed by atoms with Crippen molar-refractivity contribution >= 4 is 17.3 Å². The van der Waals surface area contributed by atoms with Gasteiger partial charge in [-0.3, -0.25) is 4.79 Å². The van der Waals surface area contributed by atoms with Gasteiger partial charge in [0.2, 0.25) is 0 Å². The zero-order chi connectivity index (χ0) is 18.2. The summed E-state index contributed by atoms with van der Waals surface area (Å²) >= 11 is 0. The van der Waals surface area contributed by atoms with E-state index in [0.717, 1.165) is 24.3 Å². The fourth-order valence-electron chi connectivity index (χ4n) is 2.50. The first-order chi connectivity index (χ1) is 12.1. The number of benzene rings is 2. The summed E-state index contributed by atoms with van der Waals surface area (Å²) in [6, 6.07) is 13.0. The molecule has 1 N–H and O–H groups in total. The standard InChI is InChI=1S/C20H26N2O3/c1-5-6-13-22(2)17-10-8-16(9-11-17)21-20(23)15-7-12-18(24-3)19(14-15)25-4/h7-12,14H,5-6,13H2,1-4H3,(H,21,23). The summed E-state index contributed by atoms with van der Waals surface area (Å²) in [5.74, 6) is 0.939. The van der Waals surface area contributed by atoms with Crippen LogP contribution in [0.1, 0.15) is 30.1 Å².